The molecule has 0 amide bonds. The first kappa shape index (κ1) is 18.1. The predicted octanol–water partition coefficient (Wildman–Crippen LogP) is 3.39. The van der Waals surface area contributed by atoms with Gasteiger partial charge in [0.15, 0.2) is 5.82 Å². The first-order valence-electron chi connectivity index (χ1n) is 8.56. The van der Waals surface area contributed by atoms with Gasteiger partial charge in [0.2, 0.25) is 0 Å². The third kappa shape index (κ3) is 3.02. The first-order valence-corrected chi connectivity index (χ1v) is 9.35. The number of aliphatic hydroxyl groups excluding tert-OH is 1. The van der Waals surface area contributed by atoms with E-state index in [0.717, 1.165) is 5.56 Å². The van der Waals surface area contributed by atoms with Gasteiger partial charge in [0.1, 0.15) is 34.0 Å². The van der Waals surface area contributed by atoms with Gasteiger partial charge in [-0.2, -0.15) is 0 Å². The number of nitrogens with zero attached hydrogens (tertiary/aromatic N) is 4. The van der Waals surface area contributed by atoms with Gasteiger partial charge in [-0.05, 0) is 27.6 Å². The van der Waals surface area contributed by atoms with Crippen LogP contribution in [-0.2, 0) is 18.9 Å². The van der Waals surface area contributed by atoms with Gasteiger partial charge in [0.25, 0.3) is 0 Å². The predicted molar refractivity (Wildman–Crippen MR) is 104 cm³/mol. The number of anilines is 1. The van der Waals surface area contributed by atoms with Crippen LogP contribution in [0.3, 0.4) is 0 Å². The summed E-state index contributed by atoms with van der Waals surface area (Å²) >= 11 is 3.50. The van der Waals surface area contributed by atoms with E-state index in [-0.39, 0.29) is 5.82 Å². The fourth-order valence-corrected chi connectivity index (χ4v) is 4.13. The van der Waals surface area contributed by atoms with Gasteiger partial charge in [-0.1, -0.05) is 32.0 Å². The standard InChI is InChI=1S/C19H19BrFN5O/c1-19(2)14-15(20)23-16(24-17(14)25-18(19)27)12-9-26(3)13(22-12)8-10-6-4-5-7-11(10)21/h4-7,9,18,27H,8H2,1-3H3,(H,23,24,25). The lowest BCUT2D eigenvalue weighted by atomic mass is 9.87. The maximum Gasteiger partial charge on any atom is 0.182 e. The van der Waals surface area contributed by atoms with Crippen molar-refractivity contribution in [2.24, 2.45) is 7.05 Å². The van der Waals surface area contributed by atoms with Crippen molar-refractivity contribution in [2.75, 3.05) is 5.32 Å². The Labute approximate surface area is 164 Å². The monoisotopic (exact) mass is 431 g/mol. The fraction of sp³-hybridized carbons (Fsp3) is 0.316. The second-order valence-electron chi connectivity index (χ2n) is 7.25. The second kappa shape index (κ2) is 6.38. The molecule has 0 spiro atoms. The molecule has 0 fully saturated rings. The highest BCUT2D eigenvalue weighted by molar-refractivity contribution is 9.10. The number of hydrogen-bond acceptors (Lipinski definition) is 5. The van der Waals surface area contributed by atoms with E-state index < -0.39 is 11.6 Å². The van der Waals surface area contributed by atoms with E-state index >= 15 is 0 Å². The Morgan fingerprint density at radius 3 is 2.74 bits per heavy atom. The number of fused-ring (bicyclic) bond motifs is 1. The molecule has 0 bridgehead atoms. The van der Waals surface area contributed by atoms with Gasteiger partial charge in [0, 0.05) is 30.6 Å². The topological polar surface area (TPSA) is 75.9 Å². The van der Waals surface area contributed by atoms with Crippen LogP contribution in [0.15, 0.2) is 35.1 Å². The van der Waals surface area contributed by atoms with Crippen molar-refractivity contribution < 1.29 is 9.50 Å². The lowest BCUT2D eigenvalue weighted by molar-refractivity contribution is 0.137. The van der Waals surface area contributed by atoms with Gasteiger partial charge in [-0.15, -0.1) is 0 Å². The summed E-state index contributed by atoms with van der Waals surface area (Å²) < 4.78 is 16.4. The molecule has 2 aromatic heterocycles. The second-order valence-corrected chi connectivity index (χ2v) is 8.00. The molecule has 3 heterocycles. The van der Waals surface area contributed by atoms with Crippen LogP contribution in [0.1, 0.15) is 30.8 Å². The van der Waals surface area contributed by atoms with Crippen LogP contribution in [0.4, 0.5) is 10.2 Å². The van der Waals surface area contributed by atoms with Crippen molar-refractivity contribution in [1.29, 1.82) is 0 Å². The van der Waals surface area contributed by atoms with Gasteiger partial charge in [0.05, 0.1) is 0 Å². The van der Waals surface area contributed by atoms with E-state index in [1.165, 1.54) is 6.07 Å². The average Bonchev–Trinajstić information content (AvgIpc) is 3.07. The molecule has 6 nitrogen and oxygen atoms in total. The molecular formula is C19H19BrFN5O. The minimum Gasteiger partial charge on any atom is -0.373 e. The highest BCUT2D eigenvalue weighted by Gasteiger charge is 2.42. The highest BCUT2D eigenvalue weighted by Crippen LogP contribution is 2.42. The average molecular weight is 432 g/mol. The maximum absolute atomic E-state index is 13.9. The summed E-state index contributed by atoms with van der Waals surface area (Å²) in [5.41, 5.74) is 1.50. The van der Waals surface area contributed by atoms with E-state index in [4.69, 9.17) is 0 Å². The summed E-state index contributed by atoms with van der Waals surface area (Å²) in [6.07, 6.45) is 1.45. The molecule has 0 saturated carbocycles. The Bertz CT molecular complexity index is 1030. The number of halogens is 2. The summed E-state index contributed by atoms with van der Waals surface area (Å²) in [7, 11) is 1.86. The van der Waals surface area contributed by atoms with E-state index in [9.17, 15) is 9.50 Å². The van der Waals surface area contributed by atoms with E-state index in [0.29, 0.717) is 39.7 Å². The minimum absolute atomic E-state index is 0.251. The van der Waals surface area contributed by atoms with Crippen LogP contribution in [0, 0.1) is 5.82 Å². The normalized spacial score (nSPS) is 17.6. The Balaban J connectivity index is 1.71. The number of benzene rings is 1. The van der Waals surface area contributed by atoms with Gasteiger partial charge in [-0.25, -0.2) is 19.3 Å². The van der Waals surface area contributed by atoms with Crippen LogP contribution in [0.25, 0.3) is 11.5 Å². The van der Waals surface area contributed by atoms with Crippen LogP contribution >= 0.6 is 15.9 Å². The summed E-state index contributed by atoms with van der Waals surface area (Å²) in [5.74, 6) is 1.49. The zero-order valence-electron chi connectivity index (χ0n) is 15.2. The number of aromatic nitrogens is 4. The van der Waals surface area contributed by atoms with Gasteiger partial charge >= 0.3 is 0 Å². The summed E-state index contributed by atoms with van der Waals surface area (Å²) in [4.78, 5) is 13.7. The smallest absolute Gasteiger partial charge is 0.182 e. The Morgan fingerprint density at radius 1 is 1.26 bits per heavy atom. The molecule has 8 heteroatoms. The van der Waals surface area contributed by atoms with E-state index in [2.05, 4.69) is 36.2 Å². The number of imidazole rings is 1. The lowest BCUT2D eigenvalue weighted by Crippen LogP contribution is -2.32. The van der Waals surface area contributed by atoms with Crippen molar-refractivity contribution in [3.05, 3.63) is 57.8 Å². The zero-order chi connectivity index (χ0) is 19.3. The highest BCUT2D eigenvalue weighted by atomic mass is 79.9. The zero-order valence-corrected chi connectivity index (χ0v) is 16.7. The number of nitrogens with one attached hydrogen (secondary N) is 1. The van der Waals surface area contributed by atoms with Gasteiger partial charge in [-0.3, -0.25) is 0 Å². The Hall–Kier alpha value is -2.32. The Kier molecular flexibility index (Phi) is 4.27. The van der Waals surface area contributed by atoms with Crippen molar-refractivity contribution in [3.63, 3.8) is 0 Å². The summed E-state index contributed by atoms with van der Waals surface area (Å²) in [6.45, 7) is 3.86. The van der Waals surface area contributed by atoms with E-state index in [1.54, 1.807) is 12.1 Å². The van der Waals surface area contributed by atoms with Crippen molar-refractivity contribution in [2.45, 2.75) is 31.9 Å². The molecule has 1 aliphatic heterocycles. The van der Waals surface area contributed by atoms with Gasteiger partial charge < -0.3 is 15.0 Å². The molecule has 1 atom stereocenters. The largest absolute Gasteiger partial charge is 0.373 e. The van der Waals surface area contributed by atoms with Crippen LogP contribution in [-0.4, -0.2) is 30.9 Å². The molecule has 3 aromatic rings. The van der Waals surface area contributed by atoms with Crippen molar-refractivity contribution in [1.82, 2.24) is 19.5 Å². The number of rotatable bonds is 3. The number of aliphatic hydroxyl groups is 1. The molecule has 1 unspecified atom stereocenters. The third-order valence-electron chi connectivity index (χ3n) is 4.97. The molecule has 1 aliphatic rings. The van der Waals surface area contributed by atoms with E-state index in [1.807, 2.05) is 37.7 Å². The molecule has 1 aromatic carbocycles. The molecule has 27 heavy (non-hydrogen) atoms. The third-order valence-corrected chi connectivity index (χ3v) is 5.55. The molecule has 0 radical (unpaired) electrons. The molecule has 0 aliphatic carbocycles. The lowest BCUT2D eigenvalue weighted by Gasteiger charge is -2.22. The van der Waals surface area contributed by atoms with Crippen LogP contribution in [0.5, 0.6) is 0 Å². The molecule has 140 valence electrons. The maximum atomic E-state index is 13.9. The van der Waals surface area contributed by atoms with Crippen LogP contribution < -0.4 is 5.32 Å². The molecule has 4 rings (SSSR count). The van der Waals surface area contributed by atoms with Crippen molar-refractivity contribution >= 4 is 21.7 Å². The quantitative estimate of drug-likeness (QED) is 0.621. The van der Waals surface area contributed by atoms with Crippen molar-refractivity contribution in [3.8, 4) is 11.5 Å². The fourth-order valence-electron chi connectivity index (χ4n) is 3.26. The number of aryl methyl sites for hydroxylation is 1. The first-order chi connectivity index (χ1) is 12.8. The SMILES string of the molecule is Cn1cc(-c2nc(Br)c3c(n2)NC(O)C3(C)C)nc1Cc1ccccc1F. The summed E-state index contributed by atoms with van der Waals surface area (Å²) in [5, 5.41) is 13.2. The van der Waals surface area contributed by atoms with Crippen LogP contribution in [0.2, 0.25) is 0 Å². The summed E-state index contributed by atoms with van der Waals surface area (Å²) in [6, 6.07) is 6.67. The molecule has 0 saturated heterocycles. The number of hydrogen-bond donors (Lipinski definition) is 2. The molecule has 2 N–H and O–H groups in total. The molecular weight excluding hydrogens is 413 g/mol. The minimum atomic E-state index is -0.742. The Morgan fingerprint density at radius 2 is 2.00 bits per heavy atom.